The number of carboxylic acids is 2. The Labute approximate surface area is 223 Å². The molecule has 2 aromatic carbocycles. The number of aldehydes is 1. The van der Waals surface area contributed by atoms with Gasteiger partial charge in [0.05, 0.1) is 11.2 Å². The van der Waals surface area contributed by atoms with Crippen LogP contribution >= 0.6 is 0 Å². The zero-order valence-electron chi connectivity index (χ0n) is 20.9. The summed E-state index contributed by atoms with van der Waals surface area (Å²) in [6, 6.07) is 16.1. The zero-order valence-corrected chi connectivity index (χ0v) is 20.9. The van der Waals surface area contributed by atoms with E-state index in [1.165, 1.54) is 7.05 Å². The summed E-state index contributed by atoms with van der Waals surface area (Å²) >= 11 is 0. The highest BCUT2D eigenvalue weighted by Crippen LogP contribution is 2.24. The highest BCUT2D eigenvalue weighted by molar-refractivity contribution is 5.98. The Morgan fingerprint density at radius 3 is 2.21 bits per heavy atom. The van der Waals surface area contributed by atoms with E-state index in [1.807, 2.05) is 24.3 Å². The van der Waals surface area contributed by atoms with Gasteiger partial charge in [-0.05, 0) is 55.0 Å². The minimum Gasteiger partial charge on any atom is -0.481 e. The number of nitrogens with zero attached hydrogens (tertiary/aromatic N) is 3. The Morgan fingerprint density at radius 2 is 1.62 bits per heavy atom. The number of aliphatic carboxylic acids is 2. The van der Waals surface area contributed by atoms with E-state index in [9.17, 15) is 24.3 Å². The molecule has 194 valence electrons. The van der Waals surface area contributed by atoms with E-state index in [-0.39, 0.29) is 18.4 Å². The van der Waals surface area contributed by atoms with Crippen LogP contribution in [-0.4, -0.2) is 62.3 Å². The van der Waals surface area contributed by atoms with Gasteiger partial charge in [0.1, 0.15) is 6.04 Å². The summed E-state index contributed by atoms with van der Waals surface area (Å²) < 4.78 is 0. The van der Waals surface area contributed by atoms with Gasteiger partial charge in [-0.15, -0.1) is 0 Å². The fourth-order valence-electron chi connectivity index (χ4n) is 3.99. The monoisotopic (exact) mass is 521 g/mol. The molecular weight excluding hydrogens is 498 g/mol. The average molecular weight is 522 g/mol. The van der Waals surface area contributed by atoms with Gasteiger partial charge in [-0.25, -0.2) is 9.78 Å². The van der Waals surface area contributed by atoms with Crippen molar-refractivity contribution >= 4 is 35.0 Å². The third-order valence-electron chi connectivity index (χ3n) is 6.14. The first-order valence-electron chi connectivity index (χ1n) is 11.9. The standard InChI is InChI=1S/C30H23N3O6/c1-33(27(30(38)39)12-13-28(35)36)29(37)22-10-6-20(7-11-22)3-2-19-4-8-21(9-5-19)26-16-23(18-34)24-17-31-15-14-25(24)32-26/h4-11,14-18,27H,12-13H2,1H3,(H,35,36)(H,38,39). The Morgan fingerprint density at radius 1 is 0.974 bits per heavy atom. The van der Waals surface area contributed by atoms with Crippen molar-refractivity contribution in [1.82, 2.24) is 14.9 Å². The molecule has 1 amide bonds. The van der Waals surface area contributed by atoms with Crippen LogP contribution in [0.25, 0.3) is 22.2 Å². The van der Waals surface area contributed by atoms with E-state index in [4.69, 9.17) is 5.11 Å². The van der Waals surface area contributed by atoms with Gasteiger partial charge in [0.25, 0.3) is 5.91 Å². The molecule has 1 unspecified atom stereocenters. The molecule has 0 spiro atoms. The Bertz CT molecular complexity index is 1620. The van der Waals surface area contributed by atoms with Crippen molar-refractivity contribution in [2.24, 2.45) is 0 Å². The molecular formula is C30H23N3O6. The van der Waals surface area contributed by atoms with Crippen molar-refractivity contribution in [2.75, 3.05) is 7.05 Å². The number of fused-ring (bicyclic) bond motifs is 1. The van der Waals surface area contributed by atoms with E-state index in [1.54, 1.807) is 48.8 Å². The van der Waals surface area contributed by atoms with Crippen LogP contribution in [0.3, 0.4) is 0 Å². The third kappa shape index (κ3) is 6.32. The summed E-state index contributed by atoms with van der Waals surface area (Å²) in [7, 11) is 1.34. The van der Waals surface area contributed by atoms with Gasteiger partial charge in [0, 0.05) is 59.1 Å². The fourth-order valence-corrected chi connectivity index (χ4v) is 3.99. The van der Waals surface area contributed by atoms with Gasteiger partial charge in [0.2, 0.25) is 0 Å². The van der Waals surface area contributed by atoms with Gasteiger partial charge < -0.3 is 15.1 Å². The van der Waals surface area contributed by atoms with Crippen molar-refractivity contribution < 1.29 is 29.4 Å². The molecule has 0 radical (unpaired) electrons. The topological polar surface area (TPSA) is 138 Å². The number of carboxylic acid groups (broad SMARTS) is 2. The summed E-state index contributed by atoms with van der Waals surface area (Å²) in [6.07, 6.45) is 3.48. The third-order valence-corrected chi connectivity index (χ3v) is 6.14. The fraction of sp³-hybridized carbons (Fsp3) is 0.133. The lowest BCUT2D eigenvalue weighted by Crippen LogP contribution is -2.42. The maximum absolute atomic E-state index is 12.7. The minimum absolute atomic E-state index is 0.193. The second-order valence-corrected chi connectivity index (χ2v) is 8.71. The quantitative estimate of drug-likeness (QED) is 0.263. The normalized spacial score (nSPS) is 11.2. The number of rotatable bonds is 8. The van der Waals surface area contributed by atoms with Crippen molar-refractivity contribution in [3.8, 4) is 23.1 Å². The number of hydrogen-bond acceptors (Lipinski definition) is 6. The highest BCUT2D eigenvalue weighted by atomic mass is 16.4. The van der Waals surface area contributed by atoms with Crippen LogP contribution in [0.2, 0.25) is 0 Å². The second-order valence-electron chi connectivity index (χ2n) is 8.71. The lowest BCUT2D eigenvalue weighted by atomic mass is 10.0. The van der Waals surface area contributed by atoms with E-state index >= 15 is 0 Å². The van der Waals surface area contributed by atoms with E-state index in [2.05, 4.69) is 21.8 Å². The first-order chi connectivity index (χ1) is 18.8. The number of amides is 1. The first-order valence-corrected chi connectivity index (χ1v) is 11.9. The van der Waals surface area contributed by atoms with Crippen LogP contribution in [0.5, 0.6) is 0 Å². The van der Waals surface area contributed by atoms with Gasteiger partial charge >= 0.3 is 11.9 Å². The van der Waals surface area contributed by atoms with Gasteiger partial charge in [0.15, 0.2) is 6.29 Å². The van der Waals surface area contributed by atoms with Gasteiger partial charge in [-0.3, -0.25) is 19.4 Å². The molecule has 2 aromatic heterocycles. The molecule has 39 heavy (non-hydrogen) atoms. The van der Waals surface area contributed by atoms with Gasteiger partial charge in [-0.2, -0.15) is 0 Å². The maximum Gasteiger partial charge on any atom is 0.326 e. The molecule has 0 aliphatic heterocycles. The number of carbonyl (C=O) groups is 4. The average Bonchev–Trinajstić information content (AvgIpc) is 2.95. The van der Waals surface area contributed by atoms with Crippen LogP contribution in [0, 0.1) is 11.8 Å². The van der Waals surface area contributed by atoms with Gasteiger partial charge in [-0.1, -0.05) is 24.0 Å². The molecule has 0 saturated carbocycles. The SMILES string of the molecule is CN(C(=O)c1ccc(C#Cc2ccc(-c3cc(C=O)c4cnccc4n3)cc2)cc1)C(CCC(=O)O)C(=O)O. The molecule has 9 heteroatoms. The molecule has 4 rings (SSSR count). The number of aromatic nitrogens is 2. The van der Waals surface area contributed by atoms with Crippen LogP contribution in [-0.2, 0) is 9.59 Å². The van der Waals surface area contributed by atoms with E-state index in [0.717, 1.165) is 22.3 Å². The Balaban J connectivity index is 1.47. The van der Waals surface area contributed by atoms with Crippen LogP contribution in [0.4, 0.5) is 0 Å². The first kappa shape index (κ1) is 26.7. The number of benzene rings is 2. The lowest BCUT2D eigenvalue weighted by Gasteiger charge is -2.24. The van der Waals surface area contributed by atoms with E-state index in [0.29, 0.717) is 27.7 Å². The smallest absolute Gasteiger partial charge is 0.326 e. The Kier molecular flexibility index (Phi) is 8.07. The summed E-state index contributed by atoms with van der Waals surface area (Å²) in [4.78, 5) is 56.3. The summed E-state index contributed by atoms with van der Waals surface area (Å²) in [5.74, 6) is 3.17. The molecule has 1 atom stereocenters. The number of pyridine rings is 2. The van der Waals surface area contributed by atoms with Crippen molar-refractivity contribution in [1.29, 1.82) is 0 Å². The number of hydrogen-bond donors (Lipinski definition) is 2. The van der Waals surface area contributed by atoms with Crippen LogP contribution in [0.1, 0.15) is 44.7 Å². The second kappa shape index (κ2) is 11.8. The zero-order chi connectivity index (χ0) is 27.9. The summed E-state index contributed by atoms with van der Waals surface area (Å²) in [5.41, 5.74) is 4.36. The molecule has 2 heterocycles. The molecule has 9 nitrogen and oxygen atoms in total. The summed E-state index contributed by atoms with van der Waals surface area (Å²) in [5, 5.41) is 18.9. The molecule has 0 fully saturated rings. The number of likely N-dealkylation sites (N-methyl/N-ethyl adjacent to an activating group) is 1. The largest absolute Gasteiger partial charge is 0.481 e. The van der Waals surface area contributed by atoms with Crippen LogP contribution in [0.15, 0.2) is 73.1 Å². The van der Waals surface area contributed by atoms with E-state index < -0.39 is 23.9 Å². The van der Waals surface area contributed by atoms with Crippen molar-refractivity contribution in [3.05, 3.63) is 95.3 Å². The molecule has 2 N–H and O–H groups in total. The predicted octanol–water partition coefficient (Wildman–Crippen LogP) is 3.90. The highest BCUT2D eigenvalue weighted by Gasteiger charge is 2.27. The Hall–Kier alpha value is -5.36. The van der Waals surface area contributed by atoms with Crippen molar-refractivity contribution in [3.63, 3.8) is 0 Å². The molecule has 0 aliphatic carbocycles. The minimum atomic E-state index is -1.27. The molecule has 0 saturated heterocycles. The summed E-state index contributed by atoms with van der Waals surface area (Å²) in [6.45, 7) is 0. The number of carbonyl (C=O) groups excluding carboxylic acids is 2. The lowest BCUT2D eigenvalue weighted by molar-refractivity contribution is -0.143. The molecule has 0 aliphatic rings. The predicted molar refractivity (Wildman–Crippen MR) is 143 cm³/mol. The van der Waals surface area contributed by atoms with Crippen LogP contribution < -0.4 is 0 Å². The molecule has 0 bridgehead atoms. The molecule has 4 aromatic rings. The maximum atomic E-state index is 12.7. The van der Waals surface area contributed by atoms with Crippen molar-refractivity contribution in [2.45, 2.75) is 18.9 Å².